The number of aliphatic hydroxyl groups excluding tert-OH is 1. The maximum absolute atomic E-state index is 12.8. The van der Waals surface area contributed by atoms with E-state index < -0.39 is 6.10 Å². The van der Waals surface area contributed by atoms with Crippen molar-refractivity contribution >= 4 is 21.6 Å². The molecule has 168 valence electrons. The van der Waals surface area contributed by atoms with Gasteiger partial charge in [-0.3, -0.25) is 9.69 Å². The summed E-state index contributed by atoms with van der Waals surface area (Å²) in [6.07, 6.45) is 4.62. The van der Waals surface area contributed by atoms with E-state index in [9.17, 15) is 9.90 Å². The van der Waals surface area contributed by atoms with E-state index in [-0.39, 0.29) is 5.56 Å². The standard InChI is InChI=1S/C22H35N3O4S/c1-15(2)13-29-14-16(26)11-25(9-6-10-28-3)12-19-23-21(27)20-17-7-4-5-8-18(17)30-22(20)24-19/h15-16,26H,4-14H2,1-3H3,(H,23,24,27)/t16-/m1/s1. The van der Waals surface area contributed by atoms with Crippen LogP contribution < -0.4 is 5.56 Å². The zero-order chi connectivity index (χ0) is 21.5. The number of aryl methyl sites for hydroxylation is 2. The average molecular weight is 438 g/mol. The Morgan fingerprint density at radius 1 is 1.27 bits per heavy atom. The van der Waals surface area contributed by atoms with Crippen LogP contribution in [0.1, 0.15) is 49.4 Å². The molecule has 0 aromatic carbocycles. The largest absolute Gasteiger partial charge is 0.389 e. The fraction of sp³-hybridized carbons (Fsp3) is 0.727. The lowest BCUT2D eigenvalue weighted by molar-refractivity contribution is 0.00544. The number of ether oxygens (including phenoxy) is 2. The molecule has 0 spiro atoms. The molecule has 1 atom stereocenters. The number of aromatic amines is 1. The molecule has 0 unspecified atom stereocenters. The molecule has 7 nitrogen and oxygen atoms in total. The maximum Gasteiger partial charge on any atom is 0.259 e. The molecule has 2 aromatic heterocycles. The molecule has 30 heavy (non-hydrogen) atoms. The summed E-state index contributed by atoms with van der Waals surface area (Å²) in [6.45, 7) is 7.46. The summed E-state index contributed by atoms with van der Waals surface area (Å²) in [5, 5.41) is 11.2. The van der Waals surface area contributed by atoms with Crippen molar-refractivity contribution in [3.8, 4) is 0 Å². The molecular weight excluding hydrogens is 402 g/mol. The Morgan fingerprint density at radius 2 is 2.07 bits per heavy atom. The molecular formula is C22H35N3O4S. The van der Waals surface area contributed by atoms with Crippen LogP contribution in [-0.2, 0) is 28.9 Å². The van der Waals surface area contributed by atoms with E-state index in [1.54, 1.807) is 18.4 Å². The molecule has 2 heterocycles. The van der Waals surface area contributed by atoms with Gasteiger partial charge in [0.15, 0.2) is 0 Å². The van der Waals surface area contributed by atoms with Gasteiger partial charge in [-0.25, -0.2) is 4.98 Å². The van der Waals surface area contributed by atoms with Gasteiger partial charge in [0.25, 0.3) is 5.56 Å². The maximum atomic E-state index is 12.8. The van der Waals surface area contributed by atoms with E-state index in [4.69, 9.17) is 14.5 Å². The Morgan fingerprint density at radius 3 is 2.83 bits per heavy atom. The Kier molecular flexibility index (Phi) is 8.83. The number of hydrogen-bond donors (Lipinski definition) is 2. The monoisotopic (exact) mass is 437 g/mol. The summed E-state index contributed by atoms with van der Waals surface area (Å²) < 4.78 is 10.8. The second kappa shape index (κ2) is 11.3. The first-order valence-electron chi connectivity index (χ1n) is 11.0. The van der Waals surface area contributed by atoms with Crippen molar-refractivity contribution in [3.63, 3.8) is 0 Å². The first-order chi connectivity index (χ1) is 14.5. The van der Waals surface area contributed by atoms with Crippen LogP contribution in [0.25, 0.3) is 10.2 Å². The minimum absolute atomic E-state index is 0.0351. The molecule has 0 fully saturated rings. The number of methoxy groups -OCH3 is 1. The summed E-state index contributed by atoms with van der Waals surface area (Å²) >= 11 is 1.67. The minimum Gasteiger partial charge on any atom is -0.389 e. The third kappa shape index (κ3) is 6.34. The number of nitrogens with one attached hydrogen (secondary N) is 1. The Bertz CT molecular complexity index is 864. The van der Waals surface area contributed by atoms with Crippen molar-refractivity contribution in [2.75, 3.05) is 40.0 Å². The zero-order valence-electron chi connectivity index (χ0n) is 18.4. The lowest BCUT2D eigenvalue weighted by Gasteiger charge is -2.24. The summed E-state index contributed by atoms with van der Waals surface area (Å²) in [4.78, 5) is 24.9. The van der Waals surface area contributed by atoms with E-state index in [1.807, 2.05) is 0 Å². The lowest BCUT2D eigenvalue weighted by Crippen LogP contribution is -2.36. The number of H-pyrrole nitrogens is 1. The first kappa shape index (κ1) is 23.3. The average Bonchev–Trinajstić information content (AvgIpc) is 3.06. The van der Waals surface area contributed by atoms with Crippen LogP contribution in [0.4, 0.5) is 0 Å². The van der Waals surface area contributed by atoms with Gasteiger partial charge in [-0.1, -0.05) is 13.8 Å². The zero-order valence-corrected chi connectivity index (χ0v) is 19.2. The number of fused-ring (bicyclic) bond motifs is 3. The SMILES string of the molecule is COCCCN(Cc1nc2sc3c(c2c(=O)[nH]1)CCCC3)C[C@@H](O)COCC(C)C. The highest BCUT2D eigenvalue weighted by atomic mass is 32.1. The Balaban J connectivity index is 1.71. The van der Waals surface area contributed by atoms with Gasteiger partial charge in [0.2, 0.25) is 0 Å². The smallest absolute Gasteiger partial charge is 0.259 e. The van der Waals surface area contributed by atoms with Crippen molar-refractivity contribution < 1.29 is 14.6 Å². The predicted octanol–water partition coefficient (Wildman–Crippen LogP) is 2.74. The van der Waals surface area contributed by atoms with Crippen molar-refractivity contribution in [1.29, 1.82) is 0 Å². The number of aliphatic hydroxyl groups is 1. The van der Waals surface area contributed by atoms with Gasteiger partial charge < -0.3 is 19.6 Å². The molecule has 3 rings (SSSR count). The molecule has 0 bridgehead atoms. The summed E-state index contributed by atoms with van der Waals surface area (Å²) in [5.74, 6) is 1.09. The number of thiophene rings is 1. The predicted molar refractivity (Wildman–Crippen MR) is 120 cm³/mol. The van der Waals surface area contributed by atoms with Crippen molar-refractivity contribution in [3.05, 3.63) is 26.6 Å². The van der Waals surface area contributed by atoms with Crippen molar-refractivity contribution in [1.82, 2.24) is 14.9 Å². The first-order valence-corrected chi connectivity index (χ1v) is 11.8. The molecule has 0 aliphatic heterocycles. The van der Waals surface area contributed by atoms with Crippen molar-refractivity contribution in [2.45, 2.75) is 58.6 Å². The van der Waals surface area contributed by atoms with Gasteiger partial charge in [-0.2, -0.15) is 0 Å². The lowest BCUT2D eigenvalue weighted by atomic mass is 9.97. The number of nitrogens with zero attached hydrogens (tertiary/aromatic N) is 2. The highest BCUT2D eigenvalue weighted by Gasteiger charge is 2.21. The molecule has 0 amide bonds. The summed E-state index contributed by atoms with van der Waals surface area (Å²) in [7, 11) is 1.68. The van der Waals surface area contributed by atoms with Crippen LogP contribution in [0.3, 0.4) is 0 Å². The van der Waals surface area contributed by atoms with Crippen LogP contribution in [0.2, 0.25) is 0 Å². The van der Waals surface area contributed by atoms with E-state index >= 15 is 0 Å². The Labute approximate surface area is 182 Å². The molecule has 2 aromatic rings. The molecule has 1 aliphatic rings. The number of hydrogen-bond acceptors (Lipinski definition) is 7. The molecule has 8 heteroatoms. The van der Waals surface area contributed by atoms with Crippen LogP contribution in [0.5, 0.6) is 0 Å². The molecule has 0 saturated heterocycles. The van der Waals surface area contributed by atoms with Gasteiger partial charge in [0.1, 0.15) is 10.7 Å². The quantitative estimate of drug-likeness (QED) is 0.497. The van der Waals surface area contributed by atoms with Crippen molar-refractivity contribution in [2.24, 2.45) is 5.92 Å². The van der Waals surface area contributed by atoms with Crippen LogP contribution in [0.15, 0.2) is 4.79 Å². The van der Waals surface area contributed by atoms with Crippen LogP contribution in [0, 0.1) is 5.92 Å². The highest BCUT2D eigenvalue weighted by molar-refractivity contribution is 7.18. The van der Waals surface area contributed by atoms with Crippen LogP contribution in [-0.4, -0.2) is 66.1 Å². The highest BCUT2D eigenvalue weighted by Crippen LogP contribution is 2.33. The second-order valence-corrected chi connectivity index (χ2v) is 9.65. The van der Waals surface area contributed by atoms with E-state index in [0.717, 1.165) is 42.4 Å². The normalized spacial score (nSPS) is 15.3. The fourth-order valence-corrected chi connectivity index (χ4v) is 5.23. The molecule has 2 N–H and O–H groups in total. The fourth-order valence-electron chi connectivity index (χ4n) is 3.95. The van der Waals surface area contributed by atoms with Gasteiger partial charge in [0.05, 0.1) is 24.6 Å². The van der Waals surface area contributed by atoms with Gasteiger partial charge in [-0.15, -0.1) is 11.3 Å². The Hall–Kier alpha value is -1.32. The summed E-state index contributed by atoms with van der Waals surface area (Å²) in [6, 6.07) is 0. The van der Waals surface area contributed by atoms with Gasteiger partial charge >= 0.3 is 0 Å². The molecule has 0 saturated carbocycles. The third-order valence-electron chi connectivity index (χ3n) is 5.30. The van der Waals surface area contributed by atoms with Crippen LogP contribution >= 0.6 is 11.3 Å². The van der Waals surface area contributed by atoms with E-state index in [1.165, 1.54) is 16.9 Å². The third-order valence-corrected chi connectivity index (χ3v) is 6.49. The van der Waals surface area contributed by atoms with Gasteiger partial charge in [-0.05, 0) is 43.6 Å². The number of rotatable bonds is 12. The van der Waals surface area contributed by atoms with E-state index in [2.05, 4.69) is 23.7 Å². The molecule has 0 radical (unpaired) electrons. The topological polar surface area (TPSA) is 87.7 Å². The second-order valence-electron chi connectivity index (χ2n) is 8.57. The van der Waals surface area contributed by atoms with Gasteiger partial charge in [0, 0.05) is 38.3 Å². The minimum atomic E-state index is -0.587. The van der Waals surface area contributed by atoms with E-state index in [0.29, 0.717) is 44.7 Å². The molecule has 1 aliphatic carbocycles. The number of aromatic nitrogens is 2. The summed E-state index contributed by atoms with van der Waals surface area (Å²) in [5.41, 5.74) is 1.17.